The predicted octanol–water partition coefficient (Wildman–Crippen LogP) is 7.27. The molecule has 1 saturated heterocycles. The maximum absolute atomic E-state index is 6.89. The molecule has 194 valence electrons. The Morgan fingerprint density at radius 3 is 2.46 bits per heavy atom. The fourth-order valence-corrected chi connectivity index (χ4v) is 7.31. The van der Waals surface area contributed by atoms with E-state index in [-0.39, 0.29) is 35.8 Å². The molecule has 5 rings (SSSR count). The molecule has 0 spiro atoms. The quantitative estimate of drug-likeness (QED) is 0.251. The highest BCUT2D eigenvalue weighted by Crippen LogP contribution is 2.66. The van der Waals surface area contributed by atoms with Gasteiger partial charge in [0.15, 0.2) is 8.32 Å². The minimum atomic E-state index is -1.94. The minimum Gasteiger partial charge on any atom is -0.414 e. The predicted molar refractivity (Wildman–Crippen MR) is 147 cm³/mol. The van der Waals surface area contributed by atoms with Gasteiger partial charge in [-0.05, 0) is 67.1 Å². The van der Waals surface area contributed by atoms with Gasteiger partial charge < -0.3 is 18.5 Å². The fraction of sp³-hybridized carbons (Fsp3) is 0.724. The summed E-state index contributed by atoms with van der Waals surface area (Å²) in [4.78, 5) is 0. The summed E-state index contributed by atoms with van der Waals surface area (Å²) in [6, 6.07) is 10.4. The van der Waals surface area contributed by atoms with Crippen molar-refractivity contribution in [2.24, 2.45) is 17.3 Å². The van der Waals surface area contributed by atoms with Crippen LogP contribution < -0.4 is 0 Å². The lowest BCUT2D eigenvalue weighted by Gasteiger charge is -2.64. The Morgan fingerprint density at radius 1 is 1.17 bits per heavy atom. The van der Waals surface area contributed by atoms with Gasteiger partial charge in [-0.25, -0.2) is 0 Å². The van der Waals surface area contributed by atoms with E-state index in [1.165, 1.54) is 12.0 Å². The zero-order valence-electron chi connectivity index (χ0n) is 23.3. The van der Waals surface area contributed by atoms with Crippen molar-refractivity contribution in [3.63, 3.8) is 0 Å². The summed E-state index contributed by atoms with van der Waals surface area (Å²) in [7, 11) is -2.24. The monoisotopic (exact) mass is 498 g/mol. The third-order valence-electron chi connectivity index (χ3n) is 9.96. The molecule has 1 aromatic carbocycles. The molecule has 3 saturated carbocycles. The summed E-state index contributed by atoms with van der Waals surface area (Å²) >= 11 is 0. The number of rotatable bonds is 10. The molecule has 2 bridgehead atoms. The van der Waals surface area contributed by atoms with Crippen LogP contribution in [0.15, 0.2) is 43.0 Å². The van der Waals surface area contributed by atoms with Crippen LogP contribution in [0, 0.1) is 17.3 Å². The van der Waals surface area contributed by atoms with Gasteiger partial charge in [-0.2, -0.15) is 0 Å². The van der Waals surface area contributed by atoms with E-state index in [4.69, 9.17) is 18.5 Å². The van der Waals surface area contributed by atoms with E-state index >= 15 is 0 Å². The SMILES string of the molecule is C=CC[C@H](B1O[C@@H]2C[C@@H]3C[C@@H](C3(C)C)[C@]2(C)O1)[C@H](CO[Si](C)(C)C(C)(C)C)OCc1ccccc1. The molecule has 4 fully saturated rings. The third-order valence-corrected chi connectivity index (χ3v) is 14.5. The lowest BCUT2D eigenvalue weighted by Crippen LogP contribution is -2.65. The molecule has 0 amide bonds. The largest absolute Gasteiger partial charge is 0.464 e. The van der Waals surface area contributed by atoms with Crippen molar-refractivity contribution in [2.75, 3.05) is 6.61 Å². The summed E-state index contributed by atoms with van der Waals surface area (Å²) in [5.41, 5.74) is 1.26. The van der Waals surface area contributed by atoms with Crippen LogP contribution in [0.3, 0.4) is 0 Å². The number of hydrogen-bond acceptors (Lipinski definition) is 4. The van der Waals surface area contributed by atoms with Crippen LogP contribution in [-0.4, -0.2) is 39.9 Å². The molecule has 4 nitrogen and oxygen atoms in total. The van der Waals surface area contributed by atoms with Crippen LogP contribution in [-0.2, 0) is 25.1 Å². The molecular formula is C29H47BO4Si. The van der Waals surface area contributed by atoms with Crippen molar-refractivity contribution in [1.82, 2.24) is 0 Å². The first-order chi connectivity index (χ1) is 16.3. The highest BCUT2D eigenvalue weighted by Gasteiger charge is 2.68. The van der Waals surface area contributed by atoms with E-state index in [1.807, 2.05) is 12.1 Å². The Labute approximate surface area is 215 Å². The normalized spacial score (nSPS) is 31.4. The second kappa shape index (κ2) is 9.75. The Bertz CT molecular complexity index is 882. The fourth-order valence-electron chi connectivity index (χ4n) is 6.29. The standard InChI is InChI=1S/C29H47BO4Si/c1-10-14-23(30-33-26-18-22-17-25(28(22,5)6)29(26,7)34-30)24(20-32-35(8,9)27(2,3)4)31-19-21-15-12-11-13-16-21/h10-13,15-16,22-26H,1,14,17-20H2,2-9H3/t22-,23-,24-,25-,26+,29-/m0/s1. The van der Waals surface area contributed by atoms with Crippen LogP contribution in [0.25, 0.3) is 0 Å². The molecule has 3 aliphatic carbocycles. The molecule has 0 unspecified atom stereocenters. The first-order valence-corrected chi connectivity index (χ1v) is 16.4. The smallest absolute Gasteiger partial charge is 0.414 e. The number of hydrogen-bond donors (Lipinski definition) is 0. The maximum Gasteiger partial charge on any atom is 0.464 e. The average molecular weight is 499 g/mol. The van der Waals surface area contributed by atoms with Crippen molar-refractivity contribution in [1.29, 1.82) is 0 Å². The van der Waals surface area contributed by atoms with Crippen LogP contribution in [0.1, 0.15) is 66.4 Å². The molecule has 0 aromatic heterocycles. The Kier molecular flexibility index (Phi) is 7.56. The Hall–Kier alpha value is -0.918. The van der Waals surface area contributed by atoms with Crippen molar-refractivity contribution >= 4 is 15.4 Å². The molecule has 1 aromatic rings. The molecule has 4 aliphatic rings. The lowest BCUT2D eigenvalue weighted by atomic mass is 9.43. The third kappa shape index (κ3) is 5.11. The van der Waals surface area contributed by atoms with Gasteiger partial charge in [0.1, 0.15) is 0 Å². The zero-order valence-corrected chi connectivity index (χ0v) is 24.3. The van der Waals surface area contributed by atoms with Crippen LogP contribution in [0.2, 0.25) is 23.9 Å². The van der Waals surface area contributed by atoms with Crippen molar-refractivity contribution in [3.05, 3.63) is 48.6 Å². The summed E-state index contributed by atoms with van der Waals surface area (Å²) < 4.78 is 26.9. The van der Waals surface area contributed by atoms with Crippen LogP contribution >= 0.6 is 0 Å². The molecule has 0 radical (unpaired) electrons. The summed E-state index contributed by atoms with van der Waals surface area (Å²) in [5, 5.41) is 0.139. The molecule has 6 heteroatoms. The number of allylic oxidation sites excluding steroid dienone is 1. The molecular weight excluding hydrogens is 451 g/mol. The van der Waals surface area contributed by atoms with Crippen LogP contribution in [0.5, 0.6) is 0 Å². The second-order valence-corrected chi connectivity index (χ2v) is 18.2. The second-order valence-electron chi connectivity index (χ2n) is 13.4. The van der Waals surface area contributed by atoms with Gasteiger partial charge in [-0.15, -0.1) is 6.58 Å². The summed E-state index contributed by atoms with van der Waals surface area (Å²) in [6.07, 6.45) is 5.12. The number of ether oxygens (including phenoxy) is 1. The zero-order chi connectivity index (χ0) is 25.6. The summed E-state index contributed by atoms with van der Waals surface area (Å²) in [5.74, 6) is 1.31. The van der Waals surface area contributed by atoms with E-state index in [1.54, 1.807) is 0 Å². The van der Waals surface area contributed by atoms with E-state index in [0.29, 0.717) is 24.5 Å². The van der Waals surface area contributed by atoms with E-state index in [9.17, 15) is 0 Å². The average Bonchev–Trinajstić information content (AvgIpc) is 3.14. The van der Waals surface area contributed by atoms with Gasteiger partial charge in [-0.1, -0.05) is 71.0 Å². The molecule has 6 atom stereocenters. The molecule has 1 heterocycles. The maximum atomic E-state index is 6.89. The Balaban J connectivity index is 1.54. The van der Waals surface area contributed by atoms with Crippen molar-refractivity contribution in [3.8, 4) is 0 Å². The first-order valence-electron chi connectivity index (χ1n) is 13.5. The summed E-state index contributed by atoms with van der Waals surface area (Å²) in [6.45, 7) is 23.7. The molecule has 35 heavy (non-hydrogen) atoms. The topological polar surface area (TPSA) is 36.9 Å². The van der Waals surface area contributed by atoms with Crippen molar-refractivity contribution < 1.29 is 18.5 Å². The first kappa shape index (κ1) is 27.1. The Morgan fingerprint density at radius 2 is 1.86 bits per heavy atom. The van der Waals surface area contributed by atoms with Crippen molar-refractivity contribution in [2.45, 2.75) is 109 Å². The van der Waals surface area contributed by atoms with Gasteiger partial charge in [0.05, 0.1) is 31.0 Å². The van der Waals surface area contributed by atoms with E-state index in [0.717, 1.165) is 18.8 Å². The minimum absolute atomic E-state index is 0.0312. The van der Waals surface area contributed by atoms with Crippen LogP contribution in [0.4, 0.5) is 0 Å². The van der Waals surface area contributed by atoms with E-state index in [2.05, 4.69) is 85.5 Å². The molecule has 0 N–H and O–H groups in total. The molecule has 1 aliphatic heterocycles. The van der Waals surface area contributed by atoms with Gasteiger partial charge in [0, 0.05) is 5.82 Å². The number of benzene rings is 1. The van der Waals surface area contributed by atoms with E-state index < -0.39 is 8.32 Å². The highest BCUT2D eigenvalue weighted by atomic mass is 28.4. The lowest BCUT2D eigenvalue weighted by molar-refractivity contribution is -0.199. The van der Waals surface area contributed by atoms with Gasteiger partial charge in [-0.3, -0.25) is 0 Å². The highest BCUT2D eigenvalue weighted by molar-refractivity contribution is 6.74. The van der Waals surface area contributed by atoms with Gasteiger partial charge >= 0.3 is 7.12 Å². The van der Waals surface area contributed by atoms with Gasteiger partial charge in [0.25, 0.3) is 0 Å². The van der Waals surface area contributed by atoms with Gasteiger partial charge in [0.2, 0.25) is 0 Å².